The van der Waals surface area contributed by atoms with Crippen molar-refractivity contribution in [2.24, 2.45) is 5.92 Å². The summed E-state index contributed by atoms with van der Waals surface area (Å²) in [4.78, 5) is 0. The first-order valence-corrected chi connectivity index (χ1v) is 10.1. The Kier molecular flexibility index (Phi) is 28.2. The summed E-state index contributed by atoms with van der Waals surface area (Å²) in [7, 11) is 0. The predicted octanol–water partition coefficient (Wildman–Crippen LogP) is 6.96. The smallest absolute Gasteiger partial charge is 0.286 e. The second kappa shape index (κ2) is 24.8. The molecular formula is C21H42N2O2. The van der Waals surface area contributed by atoms with Gasteiger partial charge >= 0.3 is 0 Å². The summed E-state index contributed by atoms with van der Waals surface area (Å²) >= 11 is 0. The van der Waals surface area contributed by atoms with E-state index in [4.69, 9.17) is 20.0 Å². The maximum Gasteiger partial charge on any atom is 0.286 e. The first-order valence-electron chi connectivity index (χ1n) is 10.1. The molecule has 0 radical (unpaired) electrons. The molecule has 0 spiro atoms. The molecule has 3 atom stereocenters. The number of nitrogens with zero attached hydrogens (tertiary/aromatic N) is 2. The number of hydrogen-bond acceptors (Lipinski definition) is 4. The van der Waals surface area contributed by atoms with Gasteiger partial charge in [-0.05, 0) is 44.9 Å². The third kappa shape index (κ3) is 24.9. The molecule has 0 saturated heterocycles. The molecule has 25 heavy (non-hydrogen) atoms. The van der Waals surface area contributed by atoms with E-state index >= 15 is 0 Å². The largest absolute Gasteiger partial charge is 0.424 e. The van der Waals surface area contributed by atoms with Gasteiger partial charge in [0.15, 0.2) is 0 Å². The molecule has 0 aliphatic rings. The van der Waals surface area contributed by atoms with Crippen molar-refractivity contribution in [3.63, 3.8) is 0 Å². The van der Waals surface area contributed by atoms with Crippen molar-refractivity contribution in [2.75, 3.05) is 0 Å². The van der Waals surface area contributed by atoms with E-state index in [0.717, 1.165) is 31.6 Å². The molecule has 4 nitrogen and oxygen atoms in total. The van der Waals surface area contributed by atoms with Crippen molar-refractivity contribution in [3.05, 3.63) is 0 Å². The highest BCUT2D eigenvalue weighted by atomic mass is 16.5. The van der Waals surface area contributed by atoms with Crippen LogP contribution in [0.15, 0.2) is 0 Å². The Labute approximate surface area is 157 Å². The summed E-state index contributed by atoms with van der Waals surface area (Å²) in [5.41, 5.74) is 0. The van der Waals surface area contributed by atoms with Gasteiger partial charge in [-0.2, -0.15) is 10.5 Å². The first-order chi connectivity index (χ1) is 12.0. The monoisotopic (exact) mass is 354 g/mol. The van der Waals surface area contributed by atoms with Crippen molar-refractivity contribution in [2.45, 2.75) is 118 Å². The molecule has 3 unspecified atom stereocenters. The van der Waals surface area contributed by atoms with Crippen molar-refractivity contribution in [1.82, 2.24) is 0 Å². The number of unbranched alkanes of at least 4 members (excludes halogenated alkanes) is 3. The van der Waals surface area contributed by atoms with Gasteiger partial charge in [-0.25, -0.2) is 0 Å². The zero-order valence-electron chi connectivity index (χ0n) is 17.8. The van der Waals surface area contributed by atoms with Gasteiger partial charge in [-0.3, -0.25) is 0 Å². The van der Waals surface area contributed by atoms with Gasteiger partial charge < -0.3 is 9.47 Å². The van der Waals surface area contributed by atoms with Crippen LogP contribution in [0, 0.1) is 29.0 Å². The standard InChI is InChI=1S/C10H19NO.C9H17NO.C2H6/c1-3-5-6-7-8-10(4-2)12-9-11;1-4-8(2)5-6-9(3)11-7-10;1-2/h10H,3-8H2,1-2H3;8-9H,4-6H2,1-3H3;1-2H3. The van der Waals surface area contributed by atoms with Gasteiger partial charge in [-0.15, -0.1) is 0 Å². The predicted molar refractivity (Wildman–Crippen MR) is 106 cm³/mol. The molecule has 0 N–H and O–H groups in total. The highest BCUT2D eigenvalue weighted by molar-refractivity contribution is 4.62. The van der Waals surface area contributed by atoms with Crippen LogP contribution in [0.1, 0.15) is 106 Å². The maximum atomic E-state index is 8.30. The topological polar surface area (TPSA) is 66.0 Å². The third-order valence-electron chi connectivity index (χ3n) is 4.07. The van der Waals surface area contributed by atoms with E-state index in [1.54, 1.807) is 12.5 Å². The fraction of sp³-hybridized carbons (Fsp3) is 0.905. The minimum atomic E-state index is 0.0917. The lowest BCUT2D eigenvalue weighted by Gasteiger charge is -2.11. The Morgan fingerprint density at radius 2 is 1.36 bits per heavy atom. The van der Waals surface area contributed by atoms with E-state index in [2.05, 4.69) is 27.7 Å². The number of ether oxygens (including phenoxy) is 2. The Balaban J connectivity index is -0.000000353. The third-order valence-corrected chi connectivity index (χ3v) is 4.07. The maximum absolute atomic E-state index is 8.30. The van der Waals surface area contributed by atoms with Gasteiger partial charge in [0, 0.05) is 0 Å². The zero-order chi connectivity index (χ0) is 19.9. The molecule has 0 aromatic heterocycles. The van der Waals surface area contributed by atoms with Crippen LogP contribution in [0.25, 0.3) is 0 Å². The molecule has 0 aliphatic heterocycles. The average Bonchev–Trinajstić information content (AvgIpc) is 2.64. The van der Waals surface area contributed by atoms with E-state index < -0.39 is 0 Å². The molecule has 0 fully saturated rings. The number of rotatable bonds is 12. The second-order valence-electron chi connectivity index (χ2n) is 6.20. The molecule has 0 amide bonds. The molecule has 148 valence electrons. The minimum absolute atomic E-state index is 0.0917. The second-order valence-corrected chi connectivity index (χ2v) is 6.20. The summed E-state index contributed by atoms with van der Waals surface area (Å²) < 4.78 is 9.62. The summed E-state index contributed by atoms with van der Waals surface area (Å²) in [5, 5.41) is 16.5. The lowest BCUT2D eigenvalue weighted by atomic mass is 10.0. The molecule has 0 bridgehead atoms. The van der Waals surface area contributed by atoms with Crippen LogP contribution in [0.4, 0.5) is 0 Å². The Morgan fingerprint density at radius 1 is 0.760 bits per heavy atom. The van der Waals surface area contributed by atoms with Crippen molar-refractivity contribution in [1.29, 1.82) is 10.5 Å². The fourth-order valence-electron chi connectivity index (χ4n) is 2.09. The Morgan fingerprint density at radius 3 is 1.80 bits per heavy atom. The van der Waals surface area contributed by atoms with Gasteiger partial charge in [-0.1, -0.05) is 67.2 Å². The minimum Gasteiger partial charge on any atom is -0.424 e. The van der Waals surface area contributed by atoms with Crippen LogP contribution < -0.4 is 0 Å². The molecule has 0 saturated carbocycles. The van der Waals surface area contributed by atoms with Crippen LogP contribution in [0.5, 0.6) is 0 Å². The number of nitriles is 2. The Hall–Kier alpha value is -1.42. The van der Waals surface area contributed by atoms with Crippen molar-refractivity contribution >= 4 is 0 Å². The molecule has 0 heterocycles. The first kappa shape index (κ1) is 28.4. The summed E-state index contributed by atoms with van der Waals surface area (Å²) in [6, 6.07) is 0. The van der Waals surface area contributed by atoms with Crippen LogP contribution >= 0.6 is 0 Å². The van der Waals surface area contributed by atoms with E-state index in [9.17, 15) is 0 Å². The summed E-state index contributed by atoms with van der Waals surface area (Å²) in [6.45, 7) is 14.6. The van der Waals surface area contributed by atoms with Gasteiger partial charge in [0.25, 0.3) is 12.5 Å². The highest BCUT2D eigenvalue weighted by Crippen LogP contribution is 2.12. The van der Waals surface area contributed by atoms with Crippen molar-refractivity contribution < 1.29 is 9.47 Å². The average molecular weight is 355 g/mol. The molecule has 0 aliphatic carbocycles. The molecule has 0 rings (SSSR count). The normalized spacial score (nSPS) is 12.7. The molecule has 4 heteroatoms. The van der Waals surface area contributed by atoms with E-state index in [0.29, 0.717) is 0 Å². The molecule has 0 aromatic carbocycles. The number of hydrogen-bond donors (Lipinski definition) is 0. The summed E-state index contributed by atoms with van der Waals surface area (Å²) in [6.07, 6.45) is 14.1. The van der Waals surface area contributed by atoms with E-state index in [1.807, 2.05) is 20.8 Å². The van der Waals surface area contributed by atoms with Crippen LogP contribution in [0.3, 0.4) is 0 Å². The van der Waals surface area contributed by atoms with Crippen LogP contribution in [-0.2, 0) is 9.47 Å². The van der Waals surface area contributed by atoms with Crippen LogP contribution in [-0.4, -0.2) is 12.2 Å². The lowest BCUT2D eigenvalue weighted by Crippen LogP contribution is -2.07. The molecular weight excluding hydrogens is 312 g/mol. The quantitative estimate of drug-likeness (QED) is 0.281. The van der Waals surface area contributed by atoms with E-state index in [1.165, 1.54) is 32.1 Å². The SMILES string of the molecule is CC.CCC(C)CCC(C)OC#N.CCCCCCC(CC)OC#N. The zero-order valence-corrected chi connectivity index (χ0v) is 17.8. The Bertz CT molecular complexity index is 321. The van der Waals surface area contributed by atoms with Gasteiger partial charge in [0.1, 0.15) is 12.2 Å². The lowest BCUT2D eigenvalue weighted by molar-refractivity contribution is 0.144. The van der Waals surface area contributed by atoms with Gasteiger partial charge in [0.2, 0.25) is 0 Å². The highest BCUT2D eigenvalue weighted by Gasteiger charge is 2.05. The molecule has 0 aromatic rings. The van der Waals surface area contributed by atoms with Gasteiger partial charge in [0.05, 0.1) is 0 Å². The fourth-order valence-corrected chi connectivity index (χ4v) is 2.09. The van der Waals surface area contributed by atoms with Crippen molar-refractivity contribution in [3.8, 4) is 12.5 Å². The van der Waals surface area contributed by atoms with Crippen LogP contribution in [0.2, 0.25) is 0 Å². The van der Waals surface area contributed by atoms with E-state index in [-0.39, 0.29) is 12.2 Å². The summed E-state index contributed by atoms with van der Waals surface area (Å²) in [5.74, 6) is 0.750.